The van der Waals surface area contributed by atoms with Crippen LogP contribution in [-0.4, -0.2) is 53.9 Å². The van der Waals surface area contributed by atoms with Crippen molar-refractivity contribution in [3.8, 4) is 0 Å². The number of hydrogen-bond donors (Lipinski definition) is 5. The van der Waals surface area contributed by atoms with Crippen LogP contribution in [0.15, 0.2) is 0 Å². The van der Waals surface area contributed by atoms with Crippen LogP contribution in [0, 0.1) is 0 Å². The fourth-order valence-electron chi connectivity index (χ4n) is 0.759. The lowest BCUT2D eigenvalue weighted by Gasteiger charge is -2.09. The van der Waals surface area contributed by atoms with Gasteiger partial charge in [-0.15, -0.1) is 0 Å². The number of carbonyl (C=O) groups is 3. The molecule has 0 aliphatic heterocycles. The van der Waals surface area contributed by atoms with E-state index in [0.717, 1.165) is 0 Å². The zero-order valence-electron chi connectivity index (χ0n) is 8.82. The van der Waals surface area contributed by atoms with Gasteiger partial charge in [-0.1, -0.05) is 0 Å². The molecule has 92 valence electrons. The fraction of sp³-hybridized carbons (Fsp3) is 0.625. The molecule has 3 amide bonds. The first-order chi connectivity index (χ1) is 7.47. The van der Waals surface area contributed by atoms with Crippen LogP contribution in [0.4, 0.5) is 4.79 Å². The summed E-state index contributed by atoms with van der Waals surface area (Å²) in [7, 11) is 0. The highest BCUT2D eigenvalue weighted by Crippen LogP contribution is 1.79. The summed E-state index contributed by atoms with van der Waals surface area (Å²) in [5.41, 5.74) is 0. The summed E-state index contributed by atoms with van der Waals surface area (Å²) in [6.07, 6.45) is -1.66. The quantitative estimate of drug-likeness (QED) is 0.358. The third-order valence-corrected chi connectivity index (χ3v) is 1.52. The Hall–Kier alpha value is -1.83. The van der Waals surface area contributed by atoms with Crippen molar-refractivity contribution >= 4 is 17.9 Å². The number of carboxylic acids is 1. The highest BCUT2D eigenvalue weighted by Gasteiger charge is 2.13. The number of aliphatic carboxylic acids is 1. The second-order valence-corrected chi connectivity index (χ2v) is 2.87. The molecule has 0 heterocycles. The molecule has 0 bridgehead atoms. The summed E-state index contributed by atoms with van der Waals surface area (Å²) < 4.78 is 0. The average molecular weight is 233 g/mol. The molecule has 0 saturated heterocycles. The zero-order valence-corrected chi connectivity index (χ0v) is 8.82. The first kappa shape index (κ1) is 14.2. The number of urea groups is 1. The normalized spacial score (nSPS) is 11.4. The van der Waals surface area contributed by atoms with Crippen molar-refractivity contribution in [3.63, 3.8) is 0 Å². The molecular weight excluding hydrogens is 218 g/mol. The topological polar surface area (TPSA) is 128 Å². The third-order valence-electron chi connectivity index (χ3n) is 1.52. The summed E-state index contributed by atoms with van der Waals surface area (Å²) in [4.78, 5) is 32.0. The first-order valence-electron chi connectivity index (χ1n) is 4.66. The minimum absolute atomic E-state index is 0.206. The lowest BCUT2D eigenvalue weighted by molar-refractivity contribution is -0.146. The van der Waals surface area contributed by atoms with Gasteiger partial charge in [0.15, 0.2) is 6.10 Å². The Morgan fingerprint density at radius 2 is 1.81 bits per heavy atom. The fourth-order valence-corrected chi connectivity index (χ4v) is 0.759. The van der Waals surface area contributed by atoms with E-state index < -0.39 is 24.6 Å². The molecule has 16 heavy (non-hydrogen) atoms. The van der Waals surface area contributed by atoms with Crippen LogP contribution < -0.4 is 16.0 Å². The van der Waals surface area contributed by atoms with Gasteiger partial charge in [0.1, 0.15) is 0 Å². The molecule has 0 aliphatic carbocycles. The van der Waals surface area contributed by atoms with E-state index >= 15 is 0 Å². The Labute approximate surface area is 92.0 Å². The second-order valence-electron chi connectivity index (χ2n) is 2.87. The number of nitrogens with one attached hydrogen (secondary N) is 3. The smallest absolute Gasteiger partial charge is 0.334 e. The molecular formula is C8H15N3O5. The van der Waals surface area contributed by atoms with Gasteiger partial charge in [0.05, 0.1) is 13.1 Å². The molecule has 5 N–H and O–H groups in total. The van der Waals surface area contributed by atoms with Gasteiger partial charge >= 0.3 is 12.0 Å². The Morgan fingerprint density at radius 1 is 1.19 bits per heavy atom. The molecule has 0 fully saturated rings. The summed E-state index contributed by atoms with van der Waals surface area (Å²) in [6.45, 7) is 1.57. The van der Waals surface area contributed by atoms with Gasteiger partial charge in [0.25, 0.3) is 0 Å². The molecule has 1 atom stereocenters. The number of rotatable bonds is 6. The highest BCUT2D eigenvalue weighted by atomic mass is 16.4. The van der Waals surface area contributed by atoms with E-state index in [9.17, 15) is 14.4 Å². The largest absolute Gasteiger partial charge is 0.479 e. The van der Waals surface area contributed by atoms with Crippen LogP contribution in [0.5, 0.6) is 0 Å². The minimum Gasteiger partial charge on any atom is -0.479 e. The molecule has 0 rings (SSSR count). The average Bonchev–Trinajstić information content (AvgIpc) is 2.23. The molecule has 8 heteroatoms. The standard InChI is InChI=1S/C8H15N3O5/c1-2-9-6(13)4-11-8(16)10-3-5(12)7(14)15/h5,12H,2-4H2,1H3,(H,9,13)(H,14,15)(H2,10,11,16)/t5-/m0/s1. The Balaban J connectivity index is 3.67. The van der Waals surface area contributed by atoms with E-state index in [1.54, 1.807) is 6.92 Å². The summed E-state index contributed by atoms with van der Waals surface area (Å²) in [5, 5.41) is 23.9. The molecule has 0 aromatic rings. The van der Waals surface area contributed by atoms with E-state index in [-0.39, 0.29) is 12.5 Å². The number of aliphatic hydroxyl groups excluding tert-OH is 1. The number of aliphatic hydroxyl groups is 1. The zero-order chi connectivity index (χ0) is 12.6. The van der Waals surface area contributed by atoms with Crippen molar-refractivity contribution in [2.24, 2.45) is 0 Å². The molecule has 0 aromatic carbocycles. The number of likely N-dealkylation sites (N-methyl/N-ethyl adjacent to an activating group) is 1. The van der Waals surface area contributed by atoms with E-state index in [1.165, 1.54) is 0 Å². The maximum absolute atomic E-state index is 11.0. The van der Waals surface area contributed by atoms with Gasteiger partial charge < -0.3 is 26.2 Å². The summed E-state index contributed by atoms with van der Waals surface area (Å²) in [5.74, 6) is -1.78. The summed E-state index contributed by atoms with van der Waals surface area (Å²) in [6, 6.07) is -0.716. The van der Waals surface area contributed by atoms with Gasteiger partial charge in [0, 0.05) is 6.54 Å². The van der Waals surface area contributed by atoms with Crippen LogP contribution in [0.2, 0.25) is 0 Å². The van der Waals surface area contributed by atoms with Crippen molar-refractivity contribution in [2.45, 2.75) is 13.0 Å². The van der Waals surface area contributed by atoms with Crippen LogP contribution in [0.3, 0.4) is 0 Å². The number of carbonyl (C=O) groups excluding carboxylic acids is 2. The number of amides is 3. The maximum Gasteiger partial charge on any atom is 0.334 e. The molecule has 8 nitrogen and oxygen atoms in total. The maximum atomic E-state index is 11.0. The lowest BCUT2D eigenvalue weighted by Crippen LogP contribution is -2.45. The van der Waals surface area contributed by atoms with E-state index in [4.69, 9.17) is 10.2 Å². The molecule has 0 spiro atoms. The number of carboxylic acid groups (broad SMARTS) is 1. The van der Waals surface area contributed by atoms with Crippen molar-refractivity contribution in [1.29, 1.82) is 0 Å². The molecule has 0 radical (unpaired) electrons. The predicted molar refractivity (Wildman–Crippen MR) is 53.7 cm³/mol. The van der Waals surface area contributed by atoms with Crippen LogP contribution in [0.1, 0.15) is 6.92 Å². The summed E-state index contributed by atoms with van der Waals surface area (Å²) >= 11 is 0. The minimum atomic E-state index is -1.66. The third kappa shape index (κ3) is 6.60. The second kappa shape index (κ2) is 7.46. The Bertz CT molecular complexity index is 268. The van der Waals surface area contributed by atoms with Crippen molar-refractivity contribution in [2.75, 3.05) is 19.6 Å². The van der Waals surface area contributed by atoms with Crippen molar-refractivity contribution in [3.05, 3.63) is 0 Å². The van der Waals surface area contributed by atoms with E-state index in [1.807, 2.05) is 0 Å². The predicted octanol–water partition coefficient (Wildman–Crippen LogP) is -2.13. The van der Waals surface area contributed by atoms with Gasteiger partial charge in [-0.3, -0.25) is 4.79 Å². The van der Waals surface area contributed by atoms with E-state index in [0.29, 0.717) is 6.54 Å². The lowest BCUT2D eigenvalue weighted by atomic mass is 10.4. The van der Waals surface area contributed by atoms with Crippen molar-refractivity contribution in [1.82, 2.24) is 16.0 Å². The van der Waals surface area contributed by atoms with Crippen molar-refractivity contribution < 1.29 is 24.6 Å². The SMILES string of the molecule is CCNC(=O)CNC(=O)NC[C@H](O)C(=O)O. The molecule has 0 aromatic heterocycles. The van der Waals surface area contributed by atoms with Crippen LogP contribution in [0.25, 0.3) is 0 Å². The van der Waals surface area contributed by atoms with Crippen LogP contribution >= 0.6 is 0 Å². The highest BCUT2D eigenvalue weighted by molar-refractivity contribution is 5.84. The van der Waals surface area contributed by atoms with Crippen LogP contribution in [-0.2, 0) is 9.59 Å². The van der Waals surface area contributed by atoms with Gasteiger partial charge in [-0.05, 0) is 6.92 Å². The monoisotopic (exact) mass is 233 g/mol. The van der Waals surface area contributed by atoms with E-state index in [2.05, 4.69) is 16.0 Å². The first-order valence-corrected chi connectivity index (χ1v) is 4.66. The Morgan fingerprint density at radius 3 is 2.31 bits per heavy atom. The van der Waals surface area contributed by atoms with Gasteiger partial charge in [-0.2, -0.15) is 0 Å². The Kier molecular flexibility index (Phi) is 6.61. The van der Waals surface area contributed by atoms with Gasteiger partial charge in [-0.25, -0.2) is 9.59 Å². The molecule has 0 unspecified atom stereocenters. The molecule has 0 saturated carbocycles. The van der Waals surface area contributed by atoms with Gasteiger partial charge in [0.2, 0.25) is 5.91 Å². The number of hydrogen-bond acceptors (Lipinski definition) is 4. The molecule has 0 aliphatic rings.